The Morgan fingerprint density at radius 3 is 2.61 bits per heavy atom. The molecule has 1 aromatic heterocycles. The average Bonchev–Trinajstić information content (AvgIpc) is 2.59. The summed E-state index contributed by atoms with van der Waals surface area (Å²) in [6.07, 6.45) is 4.54. The fraction of sp³-hybridized carbons (Fsp3) is 0.450. The number of carbonyl (C=O) groups is 2. The highest BCUT2D eigenvalue weighted by Crippen LogP contribution is 2.12. The highest BCUT2D eigenvalue weighted by molar-refractivity contribution is 5.96. The van der Waals surface area contributed by atoms with E-state index in [4.69, 9.17) is 4.74 Å². The van der Waals surface area contributed by atoms with Crippen molar-refractivity contribution in [3.05, 3.63) is 36.2 Å². The van der Waals surface area contributed by atoms with Crippen molar-refractivity contribution in [1.82, 2.24) is 20.7 Å². The lowest BCUT2D eigenvalue weighted by Gasteiger charge is -2.23. The Balaban J connectivity index is 2.06. The van der Waals surface area contributed by atoms with Crippen molar-refractivity contribution in [2.24, 2.45) is 11.0 Å². The van der Waals surface area contributed by atoms with E-state index in [9.17, 15) is 9.59 Å². The number of nitrogens with one attached hydrogen (secondary N) is 2. The predicted molar refractivity (Wildman–Crippen MR) is 108 cm³/mol. The minimum Gasteiger partial charge on any atom is -0.444 e. The van der Waals surface area contributed by atoms with Crippen LogP contribution in [0.1, 0.15) is 46.6 Å². The SMILES string of the molecule is CC(C)CC(NC(=O)OC(C)(C)C)C(=O)NN=Cc1cccc2nccnc12. The van der Waals surface area contributed by atoms with E-state index in [-0.39, 0.29) is 5.92 Å². The first-order valence-electron chi connectivity index (χ1n) is 9.18. The van der Waals surface area contributed by atoms with Crippen LogP contribution in [0.25, 0.3) is 11.0 Å². The van der Waals surface area contributed by atoms with Gasteiger partial charge in [-0.3, -0.25) is 14.8 Å². The van der Waals surface area contributed by atoms with Gasteiger partial charge in [0.2, 0.25) is 0 Å². The summed E-state index contributed by atoms with van der Waals surface area (Å²) in [5.74, 6) is -0.217. The van der Waals surface area contributed by atoms with Crippen molar-refractivity contribution < 1.29 is 14.3 Å². The zero-order valence-electron chi connectivity index (χ0n) is 16.9. The van der Waals surface area contributed by atoms with Crippen molar-refractivity contribution >= 4 is 29.2 Å². The van der Waals surface area contributed by atoms with Crippen LogP contribution in [0.3, 0.4) is 0 Å². The van der Waals surface area contributed by atoms with Crippen LogP contribution in [0, 0.1) is 5.92 Å². The molecule has 150 valence electrons. The zero-order chi connectivity index (χ0) is 20.7. The second kappa shape index (κ2) is 9.25. The highest BCUT2D eigenvalue weighted by Gasteiger charge is 2.25. The lowest BCUT2D eigenvalue weighted by molar-refractivity contribution is -0.123. The van der Waals surface area contributed by atoms with E-state index >= 15 is 0 Å². The molecule has 1 aromatic carbocycles. The molecule has 1 unspecified atom stereocenters. The van der Waals surface area contributed by atoms with Crippen molar-refractivity contribution in [1.29, 1.82) is 0 Å². The summed E-state index contributed by atoms with van der Waals surface area (Å²) in [6.45, 7) is 9.23. The molecule has 0 fully saturated rings. The Labute approximate surface area is 164 Å². The van der Waals surface area contributed by atoms with Gasteiger partial charge in [-0.1, -0.05) is 26.0 Å². The molecule has 0 spiro atoms. The Morgan fingerprint density at radius 2 is 1.93 bits per heavy atom. The van der Waals surface area contributed by atoms with Gasteiger partial charge in [0.1, 0.15) is 11.6 Å². The number of para-hydroxylation sites is 1. The van der Waals surface area contributed by atoms with E-state index in [0.717, 1.165) is 11.1 Å². The fourth-order valence-corrected chi connectivity index (χ4v) is 2.52. The van der Waals surface area contributed by atoms with E-state index in [1.165, 1.54) is 6.21 Å². The number of hydrogen-bond acceptors (Lipinski definition) is 6. The summed E-state index contributed by atoms with van der Waals surface area (Å²) in [5, 5.41) is 6.63. The first kappa shape index (κ1) is 21.3. The molecule has 0 aliphatic rings. The van der Waals surface area contributed by atoms with Gasteiger partial charge in [-0.25, -0.2) is 10.2 Å². The number of fused-ring (bicyclic) bond motifs is 1. The van der Waals surface area contributed by atoms with Crippen LogP contribution >= 0.6 is 0 Å². The van der Waals surface area contributed by atoms with Gasteiger partial charge in [-0.15, -0.1) is 0 Å². The number of amides is 2. The first-order chi connectivity index (χ1) is 13.2. The number of rotatable bonds is 6. The summed E-state index contributed by atoms with van der Waals surface area (Å²) in [5.41, 5.74) is 3.99. The lowest BCUT2D eigenvalue weighted by atomic mass is 10.0. The number of nitrogens with zero attached hydrogens (tertiary/aromatic N) is 3. The Morgan fingerprint density at radius 1 is 1.21 bits per heavy atom. The smallest absolute Gasteiger partial charge is 0.408 e. The fourth-order valence-electron chi connectivity index (χ4n) is 2.52. The molecule has 8 nitrogen and oxygen atoms in total. The van der Waals surface area contributed by atoms with Crippen molar-refractivity contribution in [3.63, 3.8) is 0 Å². The summed E-state index contributed by atoms with van der Waals surface area (Å²) in [6, 6.07) is 4.77. The maximum absolute atomic E-state index is 12.5. The zero-order valence-corrected chi connectivity index (χ0v) is 16.9. The van der Waals surface area contributed by atoms with E-state index < -0.39 is 23.6 Å². The Hall–Kier alpha value is -3.03. The molecule has 2 aromatic rings. The minimum atomic E-state index is -0.751. The predicted octanol–water partition coefficient (Wildman–Crippen LogP) is 3.02. The molecule has 1 heterocycles. The number of hydrazone groups is 1. The van der Waals surface area contributed by atoms with Crippen LogP contribution in [-0.4, -0.2) is 39.8 Å². The van der Waals surface area contributed by atoms with Gasteiger partial charge in [0.25, 0.3) is 5.91 Å². The first-order valence-corrected chi connectivity index (χ1v) is 9.18. The maximum Gasteiger partial charge on any atom is 0.408 e. The number of ether oxygens (including phenoxy) is 1. The maximum atomic E-state index is 12.5. The average molecular weight is 385 g/mol. The van der Waals surface area contributed by atoms with Crippen molar-refractivity contribution in [3.8, 4) is 0 Å². The Kier molecular flexibility index (Phi) is 7.03. The second-order valence-corrected chi connectivity index (χ2v) is 7.83. The van der Waals surface area contributed by atoms with Crippen LogP contribution < -0.4 is 10.7 Å². The highest BCUT2D eigenvalue weighted by atomic mass is 16.6. The number of carbonyl (C=O) groups excluding carboxylic acids is 2. The van der Waals surface area contributed by atoms with Gasteiger partial charge in [0.05, 0.1) is 17.2 Å². The van der Waals surface area contributed by atoms with Gasteiger partial charge in [0, 0.05) is 18.0 Å². The minimum absolute atomic E-state index is 0.197. The van der Waals surface area contributed by atoms with Crippen molar-refractivity contribution in [2.75, 3.05) is 0 Å². The van der Waals surface area contributed by atoms with E-state index in [0.29, 0.717) is 11.9 Å². The summed E-state index contributed by atoms with van der Waals surface area (Å²) in [7, 11) is 0. The molecule has 28 heavy (non-hydrogen) atoms. The van der Waals surface area contributed by atoms with Gasteiger partial charge in [-0.2, -0.15) is 5.10 Å². The standard InChI is InChI=1S/C20H27N5O3/c1-13(2)11-16(24-19(27)28-20(3,4)5)18(26)25-23-12-14-7-6-8-15-17(14)22-10-9-21-15/h6-10,12-13,16H,11H2,1-5H3,(H,24,27)(H,25,26). The summed E-state index contributed by atoms with van der Waals surface area (Å²) < 4.78 is 5.24. The van der Waals surface area contributed by atoms with Crippen LogP contribution in [-0.2, 0) is 9.53 Å². The molecular formula is C20H27N5O3. The van der Waals surface area contributed by atoms with Crippen LogP contribution in [0.2, 0.25) is 0 Å². The van der Waals surface area contributed by atoms with E-state index in [2.05, 4.69) is 25.8 Å². The van der Waals surface area contributed by atoms with Crippen LogP contribution in [0.15, 0.2) is 35.7 Å². The van der Waals surface area contributed by atoms with Crippen LogP contribution in [0.4, 0.5) is 4.79 Å². The third-order valence-corrected chi connectivity index (χ3v) is 3.62. The number of benzene rings is 1. The third-order valence-electron chi connectivity index (χ3n) is 3.62. The topological polar surface area (TPSA) is 106 Å². The van der Waals surface area contributed by atoms with Gasteiger partial charge < -0.3 is 10.1 Å². The molecule has 8 heteroatoms. The van der Waals surface area contributed by atoms with Crippen molar-refractivity contribution in [2.45, 2.75) is 52.7 Å². The quantitative estimate of drug-likeness (QED) is 0.587. The van der Waals surface area contributed by atoms with E-state index in [1.54, 1.807) is 33.2 Å². The van der Waals surface area contributed by atoms with Gasteiger partial charge in [0.15, 0.2) is 0 Å². The molecule has 0 radical (unpaired) electrons. The molecule has 0 aliphatic heterocycles. The number of hydrogen-bond donors (Lipinski definition) is 2. The van der Waals surface area contributed by atoms with Gasteiger partial charge >= 0.3 is 6.09 Å². The monoisotopic (exact) mass is 385 g/mol. The molecule has 0 bridgehead atoms. The molecule has 2 rings (SSSR count). The second-order valence-electron chi connectivity index (χ2n) is 7.83. The molecule has 0 saturated heterocycles. The normalized spacial score (nSPS) is 12.9. The molecule has 0 saturated carbocycles. The molecular weight excluding hydrogens is 358 g/mol. The Bertz CT molecular complexity index is 853. The lowest BCUT2D eigenvalue weighted by Crippen LogP contribution is -2.47. The number of alkyl carbamates (subject to hydrolysis) is 1. The largest absolute Gasteiger partial charge is 0.444 e. The van der Waals surface area contributed by atoms with Crippen LogP contribution in [0.5, 0.6) is 0 Å². The molecule has 2 N–H and O–H groups in total. The molecule has 0 aliphatic carbocycles. The van der Waals surface area contributed by atoms with Gasteiger partial charge in [-0.05, 0) is 39.2 Å². The number of aromatic nitrogens is 2. The molecule has 2 amide bonds. The summed E-state index contributed by atoms with van der Waals surface area (Å²) >= 11 is 0. The summed E-state index contributed by atoms with van der Waals surface area (Å²) in [4.78, 5) is 33.1. The molecule has 1 atom stereocenters. The third kappa shape index (κ3) is 6.61. The van der Waals surface area contributed by atoms with E-state index in [1.807, 2.05) is 32.0 Å².